The van der Waals surface area contributed by atoms with E-state index in [1.807, 2.05) is 0 Å². The van der Waals surface area contributed by atoms with E-state index in [0.717, 1.165) is 6.54 Å². The first-order valence-electron chi connectivity index (χ1n) is 5.44. The van der Waals surface area contributed by atoms with E-state index in [4.69, 9.17) is 0 Å². The number of nitrogens with zero attached hydrogens (tertiary/aromatic N) is 1. The van der Waals surface area contributed by atoms with E-state index >= 15 is 0 Å². The van der Waals surface area contributed by atoms with Crippen LogP contribution in [0.4, 0.5) is 0 Å². The Morgan fingerprint density at radius 1 is 1.14 bits per heavy atom. The number of benzene rings is 1. The smallest absolute Gasteiger partial charge is 0.0868 e. The highest BCUT2D eigenvalue weighted by molar-refractivity contribution is 5.14. The highest BCUT2D eigenvalue weighted by Crippen LogP contribution is 2.11. The number of likely N-dealkylation sites (tertiary alicyclic amines) is 1. The fourth-order valence-corrected chi connectivity index (χ4v) is 1.99. The average Bonchev–Trinajstić information content (AvgIpc) is 2.23. The summed E-state index contributed by atoms with van der Waals surface area (Å²) in [6.07, 6.45) is 2.51. The monoisotopic (exact) mass is 191 g/mol. The maximum atomic E-state index is 4.11. The molecule has 1 aromatic carbocycles. The minimum Gasteiger partial charge on any atom is -0.355 e. The van der Waals surface area contributed by atoms with Gasteiger partial charge < -0.3 is 5.73 Å². The molecular formula is C12H19N2+. The molecule has 3 N–H and O–H groups in total. The molecule has 0 amide bonds. The normalized spacial score (nSPS) is 19.8. The molecule has 0 aromatic heterocycles. The van der Waals surface area contributed by atoms with Crippen molar-refractivity contribution in [3.8, 4) is 0 Å². The third-order valence-electron chi connectivity index (χ3n) is 2.96. The van der Waals surface area contributed by atoms with Crippen molar-refractivity contribution in [3.63, 3.8) is 0 Å². The fraction of sp³-hybridized carbons (Fsp3) is 0.500. The topological polar surface area (TPSA) is 30.9 Å². The van der Waals surface area contributed by atoms with Crippen molar-refractivity contribution in [1.82, 2.24) is 4.90 Å². The van der Waals surface area contributed by atoms with Crippen molar-refractivity contribution in [2.75, 3.05) is 13.1 Å². The van der Waals surface area contributed by atoms with Gasteiger partial charge >= 0.3 is 0 Å². The molecule has 14 heavy (non-hydrogen) atoms. The second-order valence-corrected chi connectivity index (χ2v) is 4.21. The maximum Gasteiger partial charge on any atom is 0.0868 e. The van der Waals surface area contributed by atoms with Gasteiger partial charge in [-0.3, -0.25) is 4.90 Å². The summed E-state index contributed by atoms with van der Waals surface area (Å²) in [5, 5.41) is 0. The van der Waals surface area contributed by atoms with Crippen LogP contribution in [0, 0.1) is 0 Å². The van der Waals surface area contributed by atoms with Crippen LogP contribution in [0.1, 0.15) is 18.4 Å². The lowest BCUT2D eigenvalue weighted by Gasteiger charge is -2.28. The summed E-state index contributed by atoms with van der Waals surface area (Å²) in [5.41, 5.74) is 5.54. The number of quaternary nitrogens is 1. The van der Waals surface area contributed by atoms with Crippen LogP contribution in [0.15, 0.2) is 30.3 Å². The molecule has 0 bridgehead atoms. The molecule has 0 radical (unpaired) electrons. The zero-order valence-corrected chi connectivity index (χ0v) is 8.65. The number of hydrogen-bond acceptors (Lipinski definition) is 1. The summed E-state index contributed by atoms with van der Waals surface area (Å²) in [6.45, 7) is 3.53. The van der Waals surface area contributed by atoms with Crippen molar-refractivity contribution in [1.29, 1.82) is 0 Å². The van der Waals surface area contributed by atoms with Gasteiger partial charge in [0.25, 0.3) is 0 Å². The van der Waals surface area contributed by atoms with Crippen LogP contribution in [-0.2, 0) is 6.54 Å². The summed E-state index contributed by atoms with van der Waals surface area (Å²) in [6, 6.07) is 11.4. The SMILES string of the molecule is [NH3+]C1CCN(Cc2ccccc2)CC1. The van der Waals surface area contributed by atoms with Crippen LogP contribution in [0.25, 0.3) is 0 Å². The van der Waals surface area contributed by atoms with Gasteiger partial charge in [-0.25, -0.2) is 0 Å². The van der Waals surface area contributed by atoms with Crippen LogP contribution in [0.5, 0.6) is 0 Å². The average molecular weight is 191 g/mol. The predicted octanol–water partition coefficient (Wildman–Crippen LogP) is 0.893. The molecule has 1 saturated heterocycles. The van der Waals surface area contributed by atoms with E-state index in [-0.39, 0.29) is 0 Å². The van der Waals surface area contributed by atoms with Crippen molar-refractivity contribution in [2.24, 2.45) is 0 Å². The molecule has 1 heterocycles. The van der Waals surface area contributed by atoms with E-state index < -0.39 is 0 Å². The molecule has 2 nitrogen and oxygen atoms in total. The van der Waals surface area contributed by atoms with Gasteiger partial charge in [0.2, 0.25) is 0 Å². The quantitative estimate of drug-likeness (QED) is 0.739. The van der Waals surface area contributed by atoms with Crippen LogP contribution in [0.2, 0.25) is 0 Å². The van der Waals surface area contributed by atoms with Gasteiger partial charge in [-0.2, -0.15) is 0 Å². The van der Waals surface area contributed by atoms with Gasteiger partial charge in [-0.1, -0.05) is 30.3 Å². The second kappa shape index (κ2) is 4.58. The Labute approximate surface area is 85.7 Å². The molecule has 2 rings (SSSR count). The lowest BCUT2D eigenvalue weighted by atomic mass is 10.1. The summed E-state index contributed by atoms with van der Waals surface area (Å²) < 4.78 is 0. The van der Waals surface area contributed by atoms with E-state index in [2.05, 4.69) is 41.0 Å². The second-order valence-electron chi connectivity index (χ2n) is 4.21. The van der Waals surface area contributed by atoms with Crippen molar-refractivity contribution < 1.29 is 5.73 Å². The van der Waals surface area contributed by atoms with E-state index in [1.165, 1.54) is 31.5 Å². The third kappa shape index (κ3) is 2.56. The van der Waals surface area contributed by atoms with Gasteiger partial charge in [-0.15, -0.1) is 0 Å². The molecular weight excluding hydrogens is 172 g/mol. The van der Waals surface area contributed by atoms with Crippen molar-refractivity contribution in [3.05, 3.63) is 35.9 Å². The Kier molecular flexibility index (Phi) is 3.17. The molecule has 1 aliphatic heterocycles. The van der Waals surface area contributed by atoms with E-state index in [1.54, 1.807) is 0 Å². The van der Waals surface area contributed by atoms with Gasteiger partial charge in [0.05, 0.1) is 6.04 Å². The first-order chi connectivity index (χ1) is 6.84. The van der Waals surface area contributed by atoms with Crippen LogP contribution in [-0.4, -0.2) is 24.0 Å². The van der Waals surface area contributed by atoms with Crippen molar-refractivity contribution in [2.45, 2.75) is 25.4 Å². The fourth-order valence-electron chi connectivity index (χ4n) is 1.99. The molecule has 0 spiro atoms. The molecule has 1 aliphatic rings. The molecule has 0 unspecified atom stereocenters. The van der Waals surface area contributed by atoms with Crippen LogP contribution < -0.4 is 5.73 Å². The predicted molar refractivity (Wildman–Crippen MR) is 57.6 cm³/mol. The molecule has 1 aromatic rings. The largest absolute Gasteiger partial charge is 0.355 e. The first-order valence-corrected chi connectivity index (χ1v) is 5.44. The summed E-state index contributed by atoms with van der Waals surface area (Å²) in [4.78, 5) is 2.52. The highest BCUT2D eigenvalue weighted by atomic mass is 15.1. The Hall–Kier alpha value is -0.860. The molecule has 76 valence electrons. The lowest BCUT2D eigenvalue weighted by Crippen LogP contribution is -2.64. The Morgan fingerprint density at radius 3 is 2.43 bits per heavy atom. The molecule has 0 saturated carbocycles. The number of hydrogen-bond donors (Lipinski definition) is 1. The maximum absolute atomic E-state index is 4.11. The molecule has 2 heteroatoms. The van der Waals surface area contributed by atoms with Crippen molar-refractivity contribution >= 4 is 0 Å². The highest BCUT2D eigenvalue weighted by Gasteiger charge is 2.17. The molecule has 0 aliphatic carbocycles. The lowest BCUT2D eigenvalue weighted by molar-refractivity contribution is -0.426. The first kappa shape index (κ1) is 9.69. The van der Waals surface area contributed by atoms with E-state index in [0.29, 0.717) is 6.04 Å². The Morgan fingerprint density at radius 2 is 1.79 bits per heavy atom. The third-order valence-corrected chi connectivity index (χ3v) is 2.96. The Bertz CT molecular complexity index is 263. The van der Waals surface area contributed by atoms with Crippen LogP contribution >= 0.6 is 0 Å². The molecule has 1 fully saturated rings. The van der Waals surface area contributed by atoms with Gasteiger partial charge in [0.15, 0.2) is 0 Å². The number of rotatable bonds is 2. The summed E-state index contributed by atoms with van der Waals surface area (Å²) in [5.74, 6) is 0. The van der Waals surface area contributed by atoms with Gasteiger partial charge in [-0.05, 0) is 5.56 Å². The minimum atomic E-state index is 0.682. The van der Waals surface area contributed by atoms with Crippen LogP contribution in [0.3, 0.4) is 0 Å². The summed E-state index contributed by atoms with van der Waals surface area (Å²) in [7, 11) is 0. The zero-order valence-electron chi connectivity index (χ0n) is 8.65. The number of piperidine rings is 1. The Balaban J connectivity index is 1.87. The standard InChI is InChI=1S/C12H18N2/c13-12-6-8-14(9-7-12)10-11-4-2-1-3-5-11/h1-5,12H,6-10,13H2/p+1. The minimum absolute atomic E-state index is 0.682. The molecule has 0 atom stereocenters. The van der Waals surface area contributed by atoms with Gasteiger partial charge in [0.1, 0.15) is 0 Å². The van der Waals surface area contributed by atoms with E-state index in [9.17, 15) is 0 Å². The summed E-state index contributed by atoms with van der Waals surface area (Å²) >= 11 is 0. The zero-order chi connectivity index (χ0) is 9.80. The van der Waals surface area contributed by atoms with Gasteiger partial charge in [0, 0.05) is 32.5 Å².